The Kier molecular flexibility index (Phi) is 13.4. The van der Waals surface area contributed by atoms with Gasteiger partial charge in [0.2, 0.25) is 21.8 Å². The summed E-state index contributed by atoms with van der Waals surface area (Å²) in [6, 6.07) is 20.5. The SMILES string of the molecule is CCOc1ccc(N(CCCC(=O)N(Cc2ccc(Cl)c(Cl)c2)[C@@H](Cc2ccccc2)C(=O)N[C@H](C)CC)S(C)(=O)=O)cc1. The van der Waals surface area contributed by atoms with Crippen LogP contribution in [0.3, 0.4) is 0 Å². The van der Waals surface area contributed by atoms with Gasteiger partial charge in [0.1, 0.15) is 11.8 Å². The highest BCUT2D eigenvalue weighted by molar-refractivity contribution is 7.92. The molecule has 2 atom stereocenters. The molecule has 0 aromatic heterocycles. The molecule has 3 aromatic rings. The Morgan fingerprint density at radius 1 is 0.932 bits per heavy atom. The van der Waals surface area contributed by atoms with Crippen molar-refractivity contribution in [2.75, 3.05) is 23.7 Å². The predicted molar refractivity (Wildman–Crippen MR) is 178 cm³/mol. The fourth-order valence-corrected chi connectivity index (χ4v) is 6.00. The van der Waals surface area contributed by atoms with Gasteiger partial charge in [-0.2, -0.15) is 0 Å². The third kappa shape index (κ3) is 10.4. The van der Waals surface area contributed by atoms with Gasteiger partial charge in [0, 0.05) is 32.0 Å². The summed E-state index contributed by atoms with van der Waals surface area (Å²) in [6.45, 7) is 6.47. The maximum absolute atomic E-state index is 14.0. The van der Waals surface area contributed by atoms with Crippen molar-refractivity contribution in [2.24, 2.45) is 0 Å². The third-order valence-corrected chi connectivity index (χ3v) is 9.13. The second kappa shape index (κ2) is 16.7. The van der Waals surface area contributed by atoms with Gasteiger partial charge in [0.15, 0.2) is 0 Å². The van der Waals surface area contributed by atoms with Crippen molar-refractivity contribution >= 4 is 50.7 Å². The molecule has 0 saturated heterocycles. The smallest absolute Gasteiger partial charge is 0.243 e. The van der Waals surface area contributed by atoms with Crippen molar-refractivity contribution in [3.05, 3.63) is 94.0 Å². The number of nitrogens with one attached hydrogen (secondary N) is 1. The summed E-state index contributed by atoms with van der Waals surface area (Å²) in [5.41, 5.74) is 2.10. The second-order valence-electron chi connectivity index (χ2n) is 10.7. The highest BCUT2D eigenvalue weighted by atomic mass is 35.5. The molecule has 0 aliphatic carbocycles. The number of rotatable bonds is 16. The van der Waals surface area contributed by atoms with Crippen LogP contribution in [0.25, 0.3) is 0 Å². The van der Waals surface area contributed by atoms with Gasteiger partial charge in [-0.15, -0.1) is 0 Å². The van der Waals surface area contributed by atoms with Gasteiger partial charge in [-0.05, 0) is 74.2 Å². The van der Waals surface area contributed by atoms with E-state index < -0.39 is 16.1 Å². The minimum atomic E-state index is -3.63. The Morgan fingerprint density at radius 3 is 2.20 bits per heavy atom. The highest BCUT2D eigenvalue weighted by Crippen LogP contribution is 2.26. The summed E-state index contributed by atoms with van der Waals surface area (Å²) < 4.78 is 32.2. The van der Waals surface area contributed by atoms with Crippen LogP contribution in [-0.4, -0.2) is 56.6 Å². The lowest BCUT2D eigenvalue weighted by atomic mass is 10.0. The molecule has 238 valence electrons. The van der Waals surface area contributed by atoms with Crippen LogP contribution in [-0.2, 0) is 32.6 Å². The molecule has 2 amide bonds. The molecule has 0 saturated carbocycles. The van der Waals surface area contributed by atoms with Gasteiger partial charge in [-0.25, -0.2) is 8.42 Å². The quantitative estimate of drug-likeness (QED) is 0.189. The lowest BCUT2D eigenvalue weighted by Gasteiger charge is -2.33. The minimum absolute atomic E-state index is 0.0201. The minimum Gasteiger partial charge on any atom is -0.494 e. The van der Waals surface area contributed by atoms with Crippen molar-refractivity contribution in [3.63, 3.8) is 0 Å². The lowest BCUT2D eigenvalue weighted by Crippen LogP contribution is -2.52. The fourth-order valence-electron chi connectivity index (χ4n) is 4.71. The summed E-state index contributed by atoms with van der Waals surface area (Å²) in [7, 11) is -3.63. The number of anilines is 1. The van der Waals surface area contributed by atoms with E-state index in [1.54, 1.807) is 47.4 Å². The van der Waals surface area contributed by atoms with E-state index in [4.69, 9.17) is 27.9 Å². The number of carbonyl (C=O) groups excluding carboxylic acids is 2. The largest absolute Gasteiger partial charge is 0.494 e. The monoisotopic (exact) mass is 661 g/mol. The molecule has 0 bridgehead atoms. The molecule has 0 spiro atoms. The lowest BCUT2D eigenvalue weighted by molar-refractivity contribution is -0.141. The topological polar surface area (TPSA) is 96.0 Å². The first-order valence-electron chi connectivity index (χ1n) is 14.7. The molecule has 3 rings (SSSR count). The summed E-state index contributed by atoms with van der Waals surface area (Å²) in [4.78, 5) is 29.2. The Morgan fingerprint density at radius 2 is 1.61 bits per heavy atom. The summed E-state index contributed by atoms with van der Waals surface area (Å²) in [5, 5.41) is 3.78. The van der Waals surface area contributed by atoms with Crippen molar-refractivity contribution in [2.45, 2.75) is 65.1 Å². The number of nitrogens with zero attached hydrogens (tertiary/aromatic N) is 2. The van der Waals surface area contributed by atoms with E-state index in [1.807, 2.05) is 51.1 Å². The van der Waals surface area contributed by atoms with Gasteiger partial charge in [-0.1, -0.05) is 66.5 Å². The molecule has 8 nitrogen and oxygen atoms in total. The van der Waals surface area contributed by atoms with E-state index in [-0.39, 0.29) is 43.8 Å². The van der Waals surface area contributed by atoms with E-state index in [0.717, 1.165) is 18.2 Å². The highest BCUT2D eigenvalue weighted by Gasteiger charge is 2.31. The van der Waals surface area contributed by atoms with Gasteiger partial charge >= 0.3 is 0 Å². The molecule has 11 heteroatoms. The normalized spacial score (nSPS) is 12.7. The predicted octanol–water partition coefficient (Wildman–Crippen LogP) is 6.49. The van der Waals surface area contributed by atoms with Crippen LogP contribution < -0.4 is 14.4 Å². The maximum atomic E-state index is 14.0. The number of ether oxygens (including phenoxy) is 1. The number of hydrogen-bond acceptors (Lipinski definition) is 5. The van der Waals surface area contributed by atoms with Crippen LogP contribution in [0.15, 0.2) is 72.8 Å². The van der Waals surface area contributed by atoms with E-state index >= 15 is 0 Å². The average molecular weight is 663 g/mol. The van der Waals surface area contributed by atoms with Gasteiger partial charge < -0.3 is 15.0 Å². The Labute approximate surface area is 271 Å². The van der Waals surface area contributed by atoms with Crippen LogP contribution >= 0.6 is 23.2 Å². The number of sulfonamides is 1. The van der Waals surface area contributed by atoms with Crippen molar-refractivity contribution in [1.29, 1.82) is 0 Å². The van der Waals surface area contributed by atoms with Gasteiger partial charge in [0.25, 0.3) is 0 Å². The van der Waals surface area contributed by atoms with Crippen LogP contribution in [0.1, 0.15) is 51.2 Å². The second-order valence-corrected chi connectivity index (χ2v) is 13.4. The number of amides is 2. The number of halogens is 2. The first kappa shape index (κ1) is 35.2. The molecule has 0 fully saturated rings. The number of benzene rings is 3. The first-order valence-corrected chi connectivity index (χ1v) is 17.3. The number of hydrogen-bond donors (Lipinski definition) is 1. The fraction of sp³-hybridized carbons (Fsp3) is 0.394. The van der Waals surface area contributed by atoms with Crippen LogP contribution in [0.4, 0.5) is 5.69 Å². The molecule has 0 heterocycles. The Bertz CT molecular complexity index is 1490. The molecule has 0 aliphatic rings. The van der Waals surface area contributed by atoms with E-state index in [9.17, 15) is 18.0 Å². The van der Waals surface area contributed by atoms with E-state index in [1.165, 1.54) is 4.31 Å². The molecule has 3 aromatic carbocycles. The van der Waals surface area contributed by atoms with Crippen LogP contribution in [0.2, 0.25) is 10.0 Å². The van der Waals surface area contributed by atoms with Crippen LogP contribution in [0, 0.1) is 0 Å². The third-order valence-electron chi connectivity index (χ3n) is 7.20. The van der Waals surface area contributed by atoms with Crippen LogP contribution in [0.5, 0.6) is 5.75 Å². The molecule has 0 aliphatic heterocycles. The summed E-state index contributed by atoms with van der Waals surface area (Å²) in [6.07, 6.45) is 2.43. The molecular weight excluding hydrogens is 621 g/mol. The molecule has 1 N–H and O–H groups in total. The van der Waals surface area contributed by atoms with Crippen molar-refractivity contribution in [3.8, 4) is 5.75 Å². The van der Waals surface area contributed by atoms with Gasteiger partial charge in [-0.3, -0.25) is 13.9 Å². The Balaban J connectivity index is 1.89. The van der Waals surface area contributed by atoms with E-state index in [0.29, 0.717) is 40.1 Å². The van der Waals surface area contributed by atoms with Gasteiger partial charge in [0.05, 0.1) is 28.6 Å². The standard InChI is InChI=1S/C33H41Cl2N3O5S/c1-5-24(3)36-33(40)31(22-25-11-8-7-9-12-25)37(23-26-14-19-29(34)30(35)21-26)32(39)13-10-20-38(44(4,41)42)27-15-17-28(18-16-27)43-6-2/h7-9,11-12,14-19,21,24,31H,5-6,10,13,20,22-23H2,1-4H3,(H,36,40)/t24-,31+/m1/s1. The van der Waals surface area contributed by atoms with Crippen molar-refractivity contribution in [1.82, 2.24) is 10.2 Å². The summed E-state index contributed by atoms with van der Waals surface area (Å²) >= 11 is 12.4. The maximum Gasteiger partial charge on any atom is 0.243 e. The zero-order chi connectivity index (χ0) is 32.3. The molecule has 0 radical (unpaired) electrons. The summed E-state index contributed by atoms with van der Waals surface area (Å²) in [5.74, 6) is 0.0955. The molecular formula is C33H41Cl2N3O5S. The van der Waals surface area contributed by atoms with Crippen molar-refractivity contribution < 1.29 is 22.7 Å². The zero-order valence-corrected chi connectivity index (χ0v) is 28.0. The Hall–Kier alpha value is -3.27. The molecule has 44 heavy (non-hydrogen) atoms. The molecule has 0 unspecified atom stereocenters. The average Bonchev–Trinajstić information content (AvgIpc) is 2.99. The number of carbonyl (C=O) groups is 2. The first-order chi connectivity index (χ1) is 20.9. The van der Waals surface area contributed by atoms with E-state index in [2.05, 4.69) is 5.32 Å². The zero-order valence-electron chi connectivity index (χ0n) is 25.6.